The molecule has 1 aromatic carbocycles. The van der Waals surface area contributed by atoms with E-state index in [4.69, 9.17) is 0 Å². The zero-order chi connectivity index (χ0) is 15.6. The van der Waals surface area contributed by atoms with Crippen molar-refractivity contribution in [3.63, 3.8) is 0 Å². The monoisotopic (exact) mass is 291 g/mol. The van der Waals surface area contributed by atoms with Crippen molar-refractivity contribution in [2.24, 2.45) is 0 Å². The van der Waals surface area contributed by atoms with Crippen LogP contribution in [-0.4, -0.2) is 48.8 Å². The number of carbonyl (C=O) groups excluding carboxylic acids is 1. The fourth-order valence-electron chi connectivity index (χ4n) is 2.93. The summed E-state index contributed by atoms with van der Waals surface area (Å²) >= 11 is 0. The summed E-state index contributed by atoms with van der Waals surface area (Å²) in [7, 11) is 4.05. The van der Waals surface area contributed by atoms with Crippen LogP contribution >= 0.6 is 0 Å². The van der Waals surface area contributed by atoms with E-state index in [1.54, 1.807) is 6.07 Å². The minimum Gasteiger partial charge on any atom is -0.367 e. The number of nitro groups is 1. The van der Waals surface area contributed by atoms with Gasteiger partial charge in [-0.15, -0.1) is 0 Å². The van der Waals surface area contributed by atoms with Crippen LogP contribution in [0.2, 0.25) is 0 Å². The molecule has 1 heterocycles. The number of carbonyl (C=O) groups is 1. The van der Waals surface area contributed by atoms with Crippen molar-refractivity contribution < 1.29 is 9.72 Å². The number of Topliss-reactive ketones (excluding diaryl/α,β-unsaturated/α-hetero) is 1. The van der Waals surface area contributed by atoms with E-state index < -0.39 is 4.92 Å². The van der Waals surface area contributed by atoms with E-state index in [9.17, 15) is 14.9 Å². The van der Waals surface area contributed by atoms with Gasteiger partial charge in [-0.3, -0.25) is 14.9 Å². The molecule has 1 fully saturated rings. The van der Waals surface area contributed by atoms with Crippen molar-refractivity contribution in [1.29, 1.82) is 0 Å². The van der Waals surface area contributed by atoms with Crippen LogP contribution in [0.1, 0.15) is 30.1 Å². The third-order valence-electron chi connectivity index (χ3n) is 3.84. The summed E-state index contributed by atoms with van der Waals surface area (Å²) in [5, 5.41) is 11.2. The number of nitro benzene ring substituents is 1. The number of ketones is 1. The molecule has 1 atom stereocenters. The molecule has 1 aliphatic heterocycles. The molecule has 1 saturated heterocycles. The lowest BCUT2D eigenvalue weighted by Crippen LogP contribution is -2.37. The first-order valence-electron chi connectivity index (χ1n) is 7.11. The number of likely N-dealkylation sites (N-methyl/N-ethyl adjacent to an activating group) is 1. The fraction of sp³-hybridized carbons (Fsp3) is 0.533. The summed E-state index contributed by atoms with van der Waals surface area (Å²) in [6, 6.07) is 5.28. The van der Waals surface area contributed by atoms with Crippen molar-refractivity contribution in [1.82, 2.24) is 4.90 Å². The molecule has 0 aliphatic carbocycles. The Morgan fingerprint density at radius 3 is 2.76 bits per heavy atom. The molecule has 0 radical (unpaired) electrons. The van der Waals surface area contributed by atoms with Crippen LogP contribution < -0.4 is 4.90 Å². The van der Waals surface area contributed by atoms with Crippen LogP contribution in [0.4, 0.5) is 11.4 Å². The van der Waals surface area contributed by atoms with Crippen LogP contribution in [-0.2, 0) is 0 Å². The Balaban J connectivity index is 2.33. The van der Waals surface area contributed by atoms with Gasteiger partial charge in [-0.1, -0.05) is 0 Å². The third-order valence-corrected chi connectivity index (χ3v) is 3.84. The van der Waals surface area contributed by atoms with Crippen molar-refractivity contribution in [2.45, 2.75) is 25.8 Å². The standard InChI is InChI=1S/C15H21N3O3/c1-11(19)14-7-6-12(9-15(14)18(20)21)17-8-4-5-13(17)10-16(2)3/h6-7,9,13H,4-5,8,10H2,1-3H3. The maximum atomic E-state index is 11.5. The molecule has 21 heavy (non-hydrogen) atoms. The first-order chi connectivity index (χ1) is 9.90. The average molecular weight is 291 g/mol. The normalized spacial score (nSPS) is 18.3. The van der Waals surface area contributed by atoms with E-state index in [1.807, 2.05) is 20.2 Å². The molecule has 0 N–H and O–H groups in total. The fourth-order valence-corrected chi connectivity index (χ4v) is 2.93. The van der Waals surface area contributed by atoms with Gasteiger partial charge in [0.25, 0.3) is 5.69 Å². The largest absolute Gasteiger partial charge is 0.367 e. The Morgan fingerprint density at radius 2 is 2.19 bits per heavy atom. The first-order valence-corrected chi connectivity index (χ1v) is 7.11. The summed E-state index contributed by atoms with van der Waals surface area (Å²) in [4.78, 5) is 26.5. The lowest BCUT2D eigenvalue weighted by molar-refractivity contribution is -0.385. The van der Waals surface area contributed by atoms with Gasteiger partial charge in [0.05, 0.1) is 10.5 Å². The number of benzene rings is 1. The average Bonchev–Trinajstić information content (AvgIpc) is 2.85. The molecule has 0 amide bonds. The predicted octanol–water partition coefficient (Wildman–Crippen LogP) is 2.33. The molecule has 1 aliphatic rings. The molecule has 114 valence electrons. The van der Waals surface area contributed by atoms with Gasteiger partial charge in [0, 0.05) is 30.9 Å². The molecule has 1 unspecified atom stereocenters. The summed E-state index contributed by atoms with van der Waals surface area (Å²) in [5.41, 5.74) is 0.902. The molecular formula is C15H21N3O3. The van der Waals surface area contributed by atoms with Crippen LogP contribution in [0.3, 0.4) is 0 Å². The van der Waals surface area contributed by atoms with Gasteiger partial charge in [-0.2, -0.15) is 0 Å². The lowest BCUT2D eigenvalue weighted by Gasteiger charge is -2.29. The number of hydrogen-bond donors (Lipinski definition) is 0. The van der Waals surface area contributed by atoms with Crippen LogP contribution in [0.15, 0.2) is 18.2 Å². The Morgan fingerprint density at radius 1 is 1.48 bits per heavy atom. The van der Waals surface area contributed by atoms with E-state index in [1.165, 1.54) is 13.0 Å². The number of rotatable bonds is 5. The van der Waals surface area contributed by atoms with Gasteiger partial charge in [-0.05, 0) is 46.0 Å². The number of nitrogens with zero attached hydrogens (tertiary/aromatic N) is 3. The highest BCUT2D eigenvalue weighted by Gasteiger charge is 2.27. The Hall–Kier alpha value is -1.95. The van der Waals surface area contributed by atoms with Gasteiger partial charge in [0.1, 0.15) is 0 Å². The molecule has 6 heteroatoms. The molecule has 6 nitrogen and oxygen atoms in total. The van der Waals surface area contributed by atoms with Crippen molar-refractivity contribution in [2.75, 3.05) is 32.1 Å². The SMILES string of the molecule is CC(=O)c1ccc(N2CCCC2CN(C)C)cc1[N+](=O)[O-]. The second-order valence-corrected chi connectivity index (χ2v) is 5.77. The zero-order valence-corrected chi connectivity index (χ0v) is 12.7. The maximum absolute atomic E-state index is 11.5. The molecule has 1 aromatic rings. The minimum atomic E-state index is -0.475. The smallest absolute Gasteiger partial charge is 0.282 e. The van der Waals surface area contributed by atoms with Crippen LogP contribution in [0.25, 0.3) is 0 Å². The molecule has 0 aromatic heterocycles. The van der Waals surface area contributed by atoms with Gasteiger partial charge >= 0.3 is 0 Å². The van der Waals surface area contributed by atoms with E-state index in [0.29, 0.717) is 6.04 Å². The number of anilines is 1. The highest BCUT2D eigenvalue weighted by atomic mass is 16.6. The third kappa shape index (κ3) is 3.39. The van der Waals surface area contributed by atoms with Crippen molar-refractivity contribution >= 4 is 17.2 Å². The highest BCUT2D eigenvalue weighted by molar-refractivity contribution is 5.98. The topological polar surface area (TPSA) is 66.7 Å². The quantitative estimate of drug-likeness (QED) is 0.473. The predicted molar refractivity (Wildman–Crippen MR) is 82.0 cm³/mol. The van der Waals surface area contributed by atoms with Crippen molar-refractivity contribution in [3.8, 4) is 0 Å². The molecule has 0 bridgehead atoms. The minimum absolute atomic E-state index is 0.101. The van der Waals surface area contributed by atoms with E-state index in [2.05, 4.69) is 9.80 Å². The Labute approximate surface area is 124 Å². The van der Waals surface area contributed by atoms with Gasteiger partial charge in [-0.25, -0.2) is 0 Å². The Kier molecular flexibility index (Phi) is 4.57. The molecule has 0 saturated carbocycles. The summed E-state index contributed by atoms with van der Waals surface area (Å²) < 4.78 is 0. The molecular weight excluding hydrogens is 270 g/mol. The summed E-state index contributed by atoms with van der Waals surface area (Å²) in [6.45, 7) is 3.17. The zero-order valence-electron chi connectivity index (χ0n) is 12.7. The second kappa shape index (κ2) is 6.22. The van der Waals surface area contributed by atoms with Crippen molar-refractivity contribution in [3.05, 3.63) is 33.9 Å². The summed E-state index contributed by atoms with van der Waals surface area (Å²) in [6.07, 6.45) is 2.17. The molecule has 2 rings (SSSR count). The van der Waals surface area contributed by atoms with Crippen LogP contribution in [0.5, 0.6) is 0 Å². The van der Waals surface area contributed by atoms with Gasteiger partial charge in [0.15, 0.2) is 5.78 Å². The van der Waals surface area contributed by atoms with Gasteiger partial charge in [0.2, 0.25) is 0 Å². The van der Waals surface area contributed by atoms with E-state index in [0.717, 1.165) is 31.6 Å². The Bertz CT molecular complexity index is 557. The summed E-state index contributed by atoms with van der Waals surface area (Å²) in [5.74, 6) is -0.278. The van der Waals surface area contributed by atoms with Gasteiger partial charge < -0.3 is 9.80 Å². The first kappa shape index (κ1) is 15.4. The van der Waals surface area contributed by atoms with E-state index in [-0.39, 0.29) is 17.0 Å². The van der Waals surface area contributed by atoms with E-state index >= 15 is 0 Å². The lowest BCUT2D eigenvalue weighted by atomic mass is 10.1. The maximum Gasteiger partial charge on any atom is 0.282 e. The number of hydrogen-bond acceptors (Lipinski definition) is 5. The molecule has 0 spiro atoms. The second-order valence-electron chi connectivity index (χ2n) is 5.77. The highest BCUT2D eigenvalue weighted by Crippen LogP contribution is 2.31. The van der Waals surface area contributed by atoms with Crippen LogP contribution in [0, 0.1) is 10.1 Å².